The van der Waals surface area contributed by atoms with Gasteiger partial charge in [-0.05, 0) is 92.4 Å². The number of thiazole rings is 1. The van der Waals surface area contributed by atoms with Crippen molar-refractivity contribution in [1.82, 2.24) is 4.98 Å². The van der Waals surface area contributed by atoms with Gasteiger partial charge < -0.3 is 10.1 Å². The number of rotatable bonds is 8. The zero-order chi connectivity index (χ0) is 27.6. The summed E-state index contributed by atoms with van der Waals surface area (Å²) in [5.41, 5.74) is 2.49. The van der Waals surface area contributed by atoms with Crippen molar-refractivity contribution >= 4 is 49.7 Å². The van der Waals surface area contributed by atoms with Gasteiger partial charge in [0.1, 0.15) is 11.5 Å². The van der Waals surface area contributed by atoms with Crippen molar-refractivity contribution in [2.24, 2.45) is 5.92 Å². The summed E-state index contributed by atoms with van der Waals surface area (Å²) in [6.45, 7) is 3.62. The maximum atomic E-state index is 13.4. The molecular weight excluding hydrogens is 554 g/mol. The van der Waals surface area contributed by atoms with E-state index in [9.17, 15) is 13.2 Å². The second-order valence-corrected chi connectivity index (χ2v) is 12.7. The summed E-state index contributed by atoms with van der Waals surface area (Å²) in [5, 5.41) is 4.09. The summed E-state index contributed by atoms with van der Waals surface area (Å²) >= 11 is 7.27. The fourth-order valence-corrected chi connectivity index (χ4v) is 7.01. The number of nitrogens with one attached hydrogen (secondary N) is 2. The van der Waals surface area contributed by atoms with Crippen LogP contribution in [0.2, 0.25) is 5.02 Å². The molecule has 0 atom stereocenters. The number of benzene rings is 3. The Morgan fingerprint density at radius 3 is 2.28 bits per heavy atom. The van der Waals surface area contributed by atoms with Crippen LogP contribution in [0.25, 0.3) is 10.4 Å². The number of anilines is 2. The highest BCUT2D eigenvalue weighted by atomic mass is 35.5. The minimum Gasteiger partial charge on any atom is -0.457 e. The quantitative estimate of drug-likeness (QED) is 0.221. The average Bonchev–Trinajstić information content (AvgIpc) is 3.57. The normalized spacial score (nSPS) is 13.8. The van der Waals surface area contributed by atoms with E-state index in [1.165, 1.54) is 11.3 Å². The van der Waals surface area contributed by atoms with Crippen LogP contribution in [0.3, 0.4) is 0 Å². The highest BCUT2D eigenvalue weighted by Crippen LogP contribution is 2.36. The van der Waals surface area contributed by atoms with E-state index in [0.717, 1.165) is 41.8 Å². The fourth-order valence-electron chi connectivity index (χ4n) is 4.58. The van der Waals surface area contributed by atoms with Gasteiger partial charge in [-0.15, -0.1) is 0 Å². The number of halogens is 1. The number of carbonyl (C=O) groups is 1. The number of carbonyl (C=O) groups excluding carboxylic acids is 1. The molecule has 10 heteroatoms. The Morgan fingerprint density at radius 2 is 1.62 bits per heavy atom. The van der Waals surface area contributed by atoms with Crippen LogP contribution in [-0.2, 0) is 14.8 Å². The lowest BCUT2D eigenvalue weighted by Crippen LogP contribution is -2.20. The standard InChI is InChI=1S/C29H28ClN3O4S2/c1-18-7-8-21(27-19(2)31-29(38-27)32-28(34)20-5-3-4-6-20)17-26(18)39(35,36)33-23-11-15-25(16-12-23)37-24-13-9-22(30)10-14-24/h7-17,20,33H,3-6H2,1-2H3,(H,31,32,34). The van der Waals surface area contributed by atoms with Crippen molar-refractivity contribution in [3.05, 3.63) is 83.0 Å². The molecule has 1 saturated carbocycles. The Bertz CT molecular complexity index is 1590. The average molecular weight is 582 g/mol. The molecule has 3 aromatic carbocycles. The Balaban J connectivity index is 1.32. The van der Waals surface area contributed by atoms with E-state index in [4.69, 9.17) is 16.3 Å². The molecule has 2 N–H and O–H groups in total. The van der Waals surface area contributed by atoms with Crippen LogP contribution >= 0.6 is 22.9 Å². The summed E-state index contributed by atoms with van der Waals surface area (Å²) in [4.78, 5) is 18.1. The molecule has 0 aliphatic heterocycles. The van der Waals surface area contributed by atoms with Gasteiger partial charge in [-0.1, -0.05) is 47.9 Å². The SMILES string of the molecule is Cc1ccc(-c2sc(NC(=O)C3CCCC3)nc2C)cc1S(=O)(=O)Nc1ccc(Oc2ccc(Cl)cc2)cc1. The van der Waals surface area contributed by atoms with Crippen LogP contribution in [0.5, 0.6) is 11.5 Å². The first kappa shape index (κ1) is 27.2. The van der Waals surface area contributed by atoms with Gasteiger partial charge in [0.15, 0.2) is 5.13 Å². The Kier molecular flexibility index (Phi) is 7.93. The molecule has 5 rings (SSSR count). The van der Waals surface area contributed by atoms with Crippen molar-refractivity contribution in [3.63, 3.8) is 0 Å². The first-order valence-electron chi connectivity index (χ1n) is 12.6. The monoisotopic (exact) mass is 581 g/mol. The number of amides is 1. The predicted octanol–water partition coefficient (Wildman–Crippen LogP) is 7.80. The number of aryl methyl sites for hydroxylation is 2. The van der Waals surface area contributed by atoms with E-state index in [1.807, 2.05) is 13.0 Å². The van der Waals surface area contributed by atoms with Crippen molar-refractivity contribution in [2.75, 3.05) is 10.0 Å². The van der Waals surface area contributed by atoms with Crippen molar-refractivity contribution in [1.29, 1.82) is 0 Å². The first-order chi connectivity index (χ1) is 18.7. The summed E-state index contributed by atoms with van der Waals surface area (Å²) in [6.07, 6.45) is 3.98. The molecule has 0 radical (unpaired) electrons. The van der Waals surface area contributed by atoms with Crippen LogP contribution in [0.15, 0.2) is 71.6 Å². The molecule has 0 saturated heterocycles. The number of sulfonamides is 1. The topological polar surface area (TPSA) is 97.4 Å². The number of hydrogen-bond donors (Lipinski definition) is 2. The maximum absolute atomic E-state index is 13.4. The first-order valence-corrected chi connectivity index (χ1v) is 15.3. The highest BCUT2D eigenvalue weighted by molar-refractivity contribution is 7.92. The van der Waals surface area contributed by atoms with Crippen LogP contribution in [0.1, 0.15) is 36.9 Å². The van der Waals surface area contributed by atoms with E-state index in [-0.39, 0.29) is 16.7 Å². The summed E-state index contributed by atoms with van der Waals surface area (Å²) in [6, 6.07) is 19.0. The van der Waals surface area contributed by atoms with Gasteiger partial charge in [-0.25, -0.2) is 13.4 Å². The minimum absolute atomic E-state index is 0.00811. The second-order valence-electron chi connectivity index (χ2n) is 9.57. The third-order valence-electron chi connectivity index (χ3n) is 6.65. The van der Waals surface area contributed by atoms with Crippen molar-refractivity contribution in [3.8, 4) is 21.9 Å². The van der Waals surface area contributed by atoms with E-state index < -0.39 is 10.0 Å². The van der Waals surface area contributed by atoms with Gasteiger partial charge in [-0.2, -0.15) is 0 Å². The smallest absolute Gasteiger partial charge is 0.262 e. The molecule has 202 valence electrons. The fraction of sp³-hybridized carbons (Fsp3) is 0.241. The molecule has 0 spiro atoms. The molecule has 1 aliphatic carbocycles. The van der Waals surface area contributed by atoms with Gasteiger partial charge >= 0.3 is 0 Å². The highest BCUT2D eigenvalue weighted by Gasteiger charge is 2.24. The lowest BCUT2D eigenvalue weighted by Gasteiger charge is -2.13. The third-order valence-corrected chi connectivity index (χ3v) is 9.55. The molecule has 0 unspecified atom stereocenters. The van der Waals surface area contributed by atoms with Gasteiger partial charge in [0.2, 0.25) is 5.91 Å². The van der Waals surface area contributed by atoms with E-state index in [2.05, 4.69) is 15.0 Å². The molecular formula is C29H28ClN3O4S2. The van der Waals surface area contributed by atoms with Crippen LogP contribution in [0, 0.1) is 19.8 Å². The van der Waals surface area contributed by atoms with Gasteiger partial charge in [0.05, 0.1) is 15.5 Å². The van der Waals surface area contributed by atoms with E-state index in [1.54, 1.807) is 67.6 Å². The zero-order valence-electron chi connectivity index (χ0n) is 21.5. The van der Waals surface area contributed by atoms with E-state index >= 15 is 0 Å². The molecule has 0 bridgehead atoms. The minimum atomic E-state index is -3.88. The molecule has 1 fully saturated rings. The zero-order valence-corrected chi connectivity index (χ0v) is 23.9. The van der Waals surface area contributed by atoms with Gasteiger partial charge in [0.25, 0.3) is 10.0 Å². The molecule has 1 heterocycles. The third kappa shape index (κ3) is 6.43. The Labute approximate surface area is 237 Å². The number of aromatic nitrogens is 1. The van der Waals surface area contributed by atoms with E-state index in [0.29, 0.717) is 32.9 Å². The summed E-state index contributed by atoms with van der Waals surface area (Å²) in [5.74, 6) is 1.24. The summed E-state index contributed by atoms with van der Waals surface area (Å²) in [7, 11) is -3.88. The van der Waals surface area contributed by atoms with Crippen LogP contribution < -0.4 is 14.8 Å². The molecule has 1 aliphatic rings. The molecule has 4 aromatic rings. The Morgan fingerprint density at radius 1 is 0.974 bits per heavy atom. The number of ether oxygens (including phenoxy) is 1. The van der Waals surface area contributed by atoms with Crippen molar-refractivity contribution < 1.29 is 17.9 Å². The van der Waals surface area contributed by atoms with Crippen molar-refractivity contribution in [2.45, 2.75) is 44.4 Å². The predicted molar refractivity (Wildman–Crippen MR) is 156 cm³/mol. The summed E-state index contributed by atoms with van der Waals surface area (Å²) < 4.78 is 35.2. The van der Waals surface area contributed by atoms with Crippen LogP contribution in [0.4, 0.5) is 10.8 Å². The van der Waals surface area contributed by atoms with Crippen LogP contribution in [-0.4, -0.2) is 19.3 Å². The molecule has 1 amide bonds. The molecule has 7 nitrogen and oxygen atoms in total. The van der Waals surface area contributed by atoms with Gasteiger partial charge in [0, 0.05) is 16.6 Å². The van der Waals surface area contributed by atoms with Gasteiger partial charge in [-0.3, -0.25) is 9.52 Å². The lowest BCUT2D eigenvalue weighted by molar-refractivity contribution is -0.119. The lowest BCUT2D eigenvalue weighted by atomic mass is 10.1. The second kappa shape index (κ2) is 11.4. The maximum Gasteiger partial charge on any atom is 0.262 e. The number of nitrogens with zero attached hydrogens (tertiary/aromatic N) is 1. The molecule has 39 heavy (non-hydrogen) atoms. The Hall–Kier alpha value is -3.40. The molecule has 1 aromatic heterocycles. The largest absolute Gasteiger partial charge is 0.457 e. The number of hydrogen-bond acceptors (Lipinski definition) is 6.